The molecule has 2 heterocycles. The zero-order chi connectivity index (χ0) is 15.5. The average Bonchev–Trinajstić information content (AvgIpc) is 3.03. The molecule has 2 aromatic heterocycles. The van der Waals surface area contributed by atoms with Gasteiger partial charge in [-0.05, 0) is 26.0 Å². The van der Waals surface area contributed by atoms with Crippen molar-refractivity contribution in [3.8, 4) is 22.4 Å². The summed E-state index contributed by atoms with van der Waals surface area (Å²) in [5.41, 5.74) is -0.338. The number of aliphatic hydroxyl groups excluding tert-OH is 2. The Morgan fingerprint density at radius 3 is 2.86 bits per heavy atom. The van der Waals surface area contributed by atoms with Gasteiger partial charge in [-0.25, -0.2) is 4.68 Å². The molecule has 0 radical (unpaired) electrons. The Kier molecular flexibility index (Phi) is 4.75. The van der Waals surface area contributed by atoms with Crippen LogP contribution in [-0.4, -0.2) is 48.6 Å². The molecule has 6 nitrogen and oxygen atoms in total. The number of thiophene rings is 1. The maximum absolute atomic E-state index is 9.57. The summed E-state index contributed by atoms with van der Waals surface area (Å²) in [6.45, 7) is 3.14. The second kappa shape index (κ2) is 6.37. The zero-order valence-corrected chi connectivity index (χ0v) is 12.6. The van der Waals surface area contributed by atoms with E-state index in [0.717, 1.165) is 9.75 Å². The summed E-state index contributed by atoms with van der Waals surface area (Å²) in [4.78, 5) is 1.73. The van der Waals surface area contributed by atoms with Crippen molar-refractivity contribution in [2.75, 3.05) is 6.61 Å². The lowest BCUT2D eigenvalue weighted by Crippen LogP contribution is -2.20. The van der Waals surface area contributed by atoms with Gasteiger partial charge in [-0.1, -0.05) is 17.1 Å². The Hall–Kier alpha value is -1.72. The predicted octanol–water partition coefficient (Wildman–Crippen LogP) is 0.482. The molecule has 0 aliphatic heterocycles. The highest BCUT2D eigenvalue weighted by Crippen LogP contribution is 2.25. The van der Waals surface area contributed by atoms with E-state index in [4.69, 9.17) is 5.11 Å². The van der Waals surface area contributed by atoms with Gasteiger partial charge in [0.1, 0.15) is 11.3 Å². The third-order valence-corrected chi connectivity index (χ3v) is 3.52. The molecule has 0 spiro atoms. The van der Waals surface area contributed by atoms with Crippen molar-refractivity contribution < 1.29 is 15.3 Å². The van der Waals surface area contributed by atoms with Crippen LogP contribution in [0.2, 0.25) is 0 Å². The van der Waals surface area contributed by atoms with Gasteiger partial charge in [0.15, 0.2) is 0 Å². The van der Waals surface area contributed by atoms with E-state index in [-0.39, 0.29) is 13.2 Å². The van der Waals surface area contributed by atoms with Gasteiger partial charge in [0.2, 0.25) is 0 Å². The van der Waals surface area contributed by atoms with Crippen LogP contribution in [0.5, 0.6) is 0 Å². The molecule has 0 unspecified atom stereocenters. The molecule has 7 heteroatoms. The van der Waals surface area contributed by atoms with Crippen LogP contribution in [-0.2, 0) is 6.54 Å². The molecule has 0 saturated carbocycles. The summed E-state index contributed by atoms with van der Waals surface area (Å²) in [5.74, 6) is 5.67. The van der Waals surface area contributed by atoms with Crippen LogP contribution >= 0.6 is 11.3 Å². The van der Waals surface area contributed by atoms with Gasteiger partial charge in [0, 0.05) is 0 Å². The summed E-state index contributed by atoms with van der Waals surface area (Å²) in [6, 6.07) is 3.75. The molecule has 3 N–H and O–H groups in total. The predicted molar refractivity (Wildman–Crippen MR) is 79.6 cm³/mol. The van der Waals surface area contributed by atoms with Crippen molar-refractivity contribution in [1.29, 1.82) is 0 Å². The first kappa shape index (κ1) is 15.7. The van der Waals surface area contributed by atoms with E-state index in [1.165, 1.54) is 16.0 Å². The molecule has 0 amide bonds. The lowest BCUT2D eigenvalue weighted by molar-refractivity contribution is 0.0778. The smallest absolute Gasteiger partial charge is 0.123 e. The first-order valence-corrected chi connectivity index (χ1v) is 7.24. The lowest BCUT2D eigenvalue weighted by atomic mass is 10.1. The fourth-order valence-corrected chi connectivity index (χ4v) is 2.34. The Balaban J connectivity index is 2.12. The Labute approximate surface area is 126 Å². The highest BCUT2D eigenvalue weighted by Gasteiger charge is 2.10. The molecule has 2 aromatic rings. The number of aliphatic hydroxyl groups is 3. The van der Waals surface area contributed by atoms with Gasteiger partial charge in [-0.15, -0.1) is 16.4 Å². The normalized spacial score (nSPS) is 12.8. The Morgan fingerprint density at radius 2 is 2.19 bits per heavy atom. The van der Waals surface area contributed by atoms with Gasteiger partial charge in [0.25, 0.3) is 0 Å². The largest absolute Gasteiger partial charge is 0.394 e. The molecule has 2 rings (SSSR count). The summed E-state index contributed by atoms with van der Waals surface area (Å²) in [5, 5.41) is 35.7. The van der Waals surface area contributed by atoms with Crippen LogP contribution in [0.25, 0.3) is 10.6 Å². The monoisotopic (exact) mass is 307 g/mol. The minimum absolute atomic E-state index is 0.195. The van der Waals surface area contributed by atoms with Crippen molar-refractivity contribution in [1.82, 2.24) is 15.0 Å². The van der Waals surface area contributed by atoms with Crippen LogP contribution in [0.15, 0.2) is 18.3 Å². The van der Waals surface area contributed by atoms with Crippen molar-refractivity contribution >= 4 is 11.3 Å². The maximum Gasteiger partial charge on any atom is 0.123 e. The van der Waals surface area contributed by atoms with Gasteiger partial charge >= 0.3 is 0 Å². The molecule has 0 aliphatic carbocycles. The Bertz CT molecular complexity index is 661. The fourth-order valence-electron chi connectivity index (χ4n) is 1.53. The number of rotatable bonds is 4. The lowest BCUT2D eigenvalue weighted by Gasteiger charge is -2.05. The summed E-state index contributed by atoms with van der Waals surface area (Å²) in [6.07, 6.45) is 0.855. The van der Waals surface area contributed by atoms with Crippen molar-refractivity contribution in [2.24, 2.45) is 0 Å². The molecule has 112 valence electrons. The van der Waals surface area contributed by atoms with Gasteiger partial charge in [0.05, 0.1) is 35.2 Å². The molecule has 21 heavy (non-hydrogen) atoms. The van der Waals surface area contributed by atoms with Crippen LogP contribution in [0, 0.1) is 11.8 Å². The van der Waals surface area contributed by atoms with Crippen LogP contribution in [0.4, 0.5) is 0 Å². The number of aromatic nitrogens is 3. The SMILES string of the molecule is CC(C)(O)C#Cc1ccc(-c2cn(C[C@H](O)CO)nn2)s1. The molecule has 0 aliphatic rings. The fraction of sp³-hybridized carbons (Fsp3) is 0.429. The van der Waals surface area contributed by atoms with Crippen molar-refractivity contribution in [3.63, 3.8) is 0 Å². The van der Waals surface area contributed by atoms with E-state index < -0.39 is 11.7 Å². The van der Waals surface area contributed by atoms with E-state index in [1.807, 2.05) is 12.1 Å². The van der Waals surface area contributed by atoms with Gasteiger partial charge < -0.3 is 15.3 Å². The molecular weight excluding hydrogens is 290 g/mol. The van der Waals surface area contributed by atoms with Crippen LogP contribution in [0.3, 0.4) is 0 Å². The van der Waals surface area contributed by atoms with Crippen LogP contribution < -0.4 is 0 Å². The quantitative estimate of drug-likeness (QED) is 0.715. The molecule has 0 saturated heterocycles. The summed E-state index contributed by atoms with van der Waals surface area (Å²) in [7, 11) is 0. The summed E-state index contributed by atoms with van der Waals surface area (Å²) >= 11 is 1.45. The first-order valence-electron chi connectivity index (χ1n) is 6.42. The third kappa shape index (κ3) is 4.65. The van der Waals surface area contributed by atoms with E-state index in [1.54, 1.807) is 20.0 Å². The zero-order valence-electron chi connectivity index (χ0n) is 11.8. The minimum Gasteiger partial charge on any atom is -0.394 e. The Morgan fingerprint density at radius 1 is 1.43 bits per heavy atom. The molecule has 0 fully saturated rings. The van der Waals surface area contributed by atoms with Gasteiger partial charge in [-0.3, -0.25) is 0 Å². The first-order chi connectivity index (χ1) is 9.87. The highest BCUT2D eigenvalue weighted by atomic mass is 32.1. The van der Waals surface area contributed by atoms with E-state index in [9.17, 15) is 10.2 Å². The standard InChI is InChI=1S/C14H17N3O3S/c1-14(2,20)6-5-11-3-4-13(21-11)12-8-17(16-15-12)7-10(19)9-18/h3-4,8,10,18-20H,7,9H2,1-2H3/t10-/m0/s1. The third-order valence-electron chi connectivity index (χ3n) is 2.50. The number of hydrogen-bond acceptors (Lipinski definition) is 6. The number of hydrogen-bond donors (Lipinski definition) is 3. The minimum atomic E-state index is -1.02. The van der Waals surface area contributed by atoms with Crippen molar-refractivity contribution in [3.05, 3.63) is 23.2 Å². The van der Waals surface area contributed by atoms with Crippen molar-refractivity contribution in [2.45, 2.75) is 32.1 Å². The topological polar surface area (TPSA) is 91.4 Å². The molecular formula is C14H17N3O3S. The maximum atomic E-state index is 9.57. The highest BCUT2D eigenvalue weighted by molar-refractivity contribution is 7.16. The second-order valence-corrected chi connectivity index (χ2v) is 6.22. The molecule has 1 atom stereocenters. The van der Waals surface area contributed by atoms with E-state index in [2.05, 4.69) is 22.2 Å². The van der Waals surface area contributed by atoms with E-state index >= 15 is 0 Å². The molecule has 0 aromatic carbocycles. The van der Waals surface area contributed by atoms with Crippen LogP contribution in [0.1, 0.15) is 18.7 Å². The average molecular weight is 307 g/mol. The molecule has 0 bridgehead atoms. The number of nitrogens with zero attached hydrogens (tertiary/aromatic N) is 3. The second-order valence-electron chi connectivity index (χ2n) is 5.14. The van der Waals surface area contributed by atoms with E-state index in [0.29, 0.717) is 5.69 Å². The van der Waals surface area contributed by atoms with Gasteiger partial charge in [-0.2, -0.15) is 0 Å². The summed E-state index contributed by atoms with van der Waals surface area (Å²) < 4.78 is 1.48.